The van der Waals surface area contributed by atoms with Gasteiger partial charge in [0.2, 0.25) is 0 Å². The third-order valence-electron chi connectivity index (χ3n) is 3.93. The Labute approximate surface area is 117 Å². The zero-order valence-electron chi connectivity index (χ0n) is 12.2. The summed E-state index contributed by atoms with van der Waals surface area (Å²) in [6, 6.07) is 4.98. The molecule has 1 rings (SSSR count). The number of ketones is 1. The van der Waals surface area contributed by atoms with E-state index < -0.39 is 23.1 Å². The molecule has 0 amide bonds. The SMILES string of the molecule is CCC(CC)(C(=O)c1ccccc1C(F)(F)F)N(C)C. The number of benzene rings is 1. The molecular weight excluding hydrogens is 267 g/mol. The summed E-state index contributed by atoms with van der Waals surface area (Å²) in [7, 11) is 3.45. The number of carbonyl (C=O) groups is 1. The van der Waals surface area contributed by atoms with Gasteiger partial charge in [-0.1, -0.05) is 32.0 Å². The lowest BCUT2D eigenvalue weighted by molar-refractivity contribution is -0.138. The van der Waals surface area contributed by atoms with E-state index in [0.717, 1.165) is 6.07 Å². The minimum absolute atomic E-state index is 0.252. The van der Waals surface area contributed by atoms with Crippen molar-refractivity contribution in [2.45, 2.75) is 38.4 Å². The number of carbonyl (C=O) groups excluding carboxylic acids is 1. The Hall–Kier alpha value is -1.36. The van der Waals surface area contributed by atoms with Gasteiger partial charge in [0.05, 0.1) is 11.1 Å². The summed E-state index contributed by atoms with van der Waals surface area (Å²) in [5, 5.41) is 0. The van der Waals surface area contributed by atoms with Crippen molar-refractivity contribution in [2.24, 2.45) is 0 Å². The van der Waals surface area contributed by atoms with Gasteiger partial charge >= 0.3 is 6.18 Å². The Bertz CT molecular complexity index is 476. The molecule has 0 aromatic heterocycles. The normalized spacial score (nSPS) is 12.8. The summed E-state index contributed by atoms with van der Waals surface area (Å²) >= 11 is 0. The van der Waals surface area contributed by atoms with Crippen molar-refractivity contribution in [1.29, 1.82) is 0 Å². The number of halogens is 3. The lowest BCUT2D eigenvalue weighted by Gasteiger charge is -2.37. The molecule has 0 atom stereocenters. The predicted octanol–water partition coefficient (Wildman–Crippen LogP) is 4.01. The van der Waals surface area contributed by atoms with E-state index in [4.69, 9.17) is 0 Å². The van der Waals surface area contributed by atoms with Gasteiger partial charge in [0.1, 0.15) is 0 Å². The smallest absolute Gasteiger partial charge is 0.297 e. The standard InChI is InChI=1S/C15H20F3NO/c1-5-14(6-2,19(3)4)13(20)11-9-7-8-10-12(11)15(16,17)18/h7-10H,5-6H2,1-4H3. The van der Waals surface area contributed by atoms with E-state index in [1.165, 1.54) is 18.2 Å². The maximum absolute atomic E-state index is 13.0. The van der Waals surface area contributed by atoms with E-state index in [9.17, 15) is 18.0 Å². The average Bonchev–Trinajstić information content (AvgIpc) is 2.39. The zero-order chi connectivity index (χ0) is 15.6. The van der Waals surface area contributed by atoms with Gasteiger partial charge in [-0.3, -0.25) is 9.69 Å². The van der Waals surface area contributed by atoms with Crippen LogP contribution in [0.3, 0.4) is 0 Å². The molecule has 2 nitrogen and oxygen atoms in total. The Morgan fingerprint density at radius 1 is 1.10 bits per heavy atom. The van der Waals surface area contributed by atoms with Crippen molar-refractivity contribution in [3.63, 3.8) is 0 Å². The first kappa shape index (κ1) is 16.7. The zero-order valence-corrected chi connectivity index (χ0v) is 12.2. The summed E-state index contributed by atoms with van der Waals surface area (Å²) in [5.74, 6) is -0.472. The molecule has 0 fully saturated rings. The summed E-state index contributed by atoms with van der Waals surface area (Å²) in [5.41, 5.74) is -2.02. The van der Waals surface area contributed by atoms with Crippen LogP contribution in [0.15, 0.2) is 24.3 Å². The van der Waals surface area contributed by atoms with Crippen LogP contribution in [0.4, 0.5) is 13.2 Å². The van der Waals surface area contributed by atoms with Gasteiger partial charge in [0.25, 0.3) is 0 Å². The highest BCUT2D eigenvalue weighted by Gasteiger charge is 2.42. The van der Waals surface area contributed by atoms with Crippen molar-refractivity contribution in [3.8, 4) is 0 Å². The lowest BCUT2D eigenvalue weighted by atomic mass is 9.81. The molecule has 0 bridgehead atoms. The Morgan fingerprint density at radius 3 is 2.00 bits per heavy atom. The van der Waals surface area contributed by atoms with Gasteiger partial charge in [-0.05, 0) is 33.0 Å². The molecule has 0 aliphatic rings. The Morgan fingerprint density at radius 2 is 1.60 bits per heavy atom. The first-order valence-electron chi connectivity index (χ1n) is 6.59. The first-order valence-corrected chi connectivity index (χ1v) is 6.59. The fourth-order valence-corrected chi connectivity index (χ4v) is 2.59. The van der Waals surface area contributed by atoms with Crippen molar-refractivity contribution in [3.05, 3.63) is 35.4 Å². The highest BCUT2D eigenvalue weighted by atomic mass is 19.4. The van der Waals surface area contributed by atoms with Crippen LogP contribution in [-0.4, -0.2) is 30.3 Å². The molecular formula is C15H20F3NO. The minimum Gasteiger partial charge on any atom is -0.297 e. The molecule has 0 aliphatic carbocycles. The highest BCUT2D eigenvalue weighted by molar-refractivity contribution is 6.04. The molecule has 0 N–H and O–H groups in total. The van der Waals surface area contributed by atoms with Crippen molar-refractivity contribution in [1.82, 2.24) is 4.90 Å². The molecule has 5 heteroatoms. The third-order valence-corrected chi connectivity index (χ3v) is 3.93. The monoisotopic (exact) mass is 287 g/mol. The molecule has 0 spiro atoms. The van der Waals surface area contributed by atoms with Crippen LogP contribution in [0, 0.1) is 0 Å². The number of nitrogens with zero attached hydrogens (tertiary/aromatic N) is 1. The molecule has 0 saturated carbocycles. The van der Waals surface area contributed by atoms with Crippen molar-refractivity contribution in [2.75, 3.05) is 14.1 Å². The van der Waals surface area contributed by atoms with Gasteiger partial charge in [0, 0.05) is 5.56 Å². The number of likely N-dealkylation sites (N-methyl/N-ethyl adjacent to an activating group) is 1. The van der Waals surface area contributed by atoms with Crippen LogP contribution >= 0.6 is 0 Å². The topological polar surface area (TPSA) is 20.3 Å². The molecule has 0 radical (unpaired) electrons. The van der Waals surface area contributed by atoms with Crippen LogP contribution in [0.5, 0.6) is 0 Å². The van der Waals surface area contributed by atoms with Gasteiger partial charge in [0.15, 0.2) is 5.78 Å². The molecule has 1 aromatic rings. The van der Waals surface area contributed by atoms with E-state index >= 15 is 0 Å². The summed E-state index contributed by atoms with van der Waals surface area (Å²) in [6.45, 7) is 3.63. The summed E-state index contributed by atoms with van der Waals surface area (Å²) in [4.78, 5) is 14.4. The molecule has 0 heterocycles. The number of rotatable bonds is 5. The van der Waals surface area contributed by atoms with E-state index in [2.05, 4.69) is 0 Å². The molecule has 0 unspecified atom stereocenters. The van der Waals surface area contributed by atoms with Crippen LogP contribution in [0.25, 0.3) is 0 Å². The fraction of sp³-hybridized carbons (Fsp3) is 0.533. The van der Waals surface area contributed by atoms with Crippen LogP contribution in [0.1, 0.15) is 42.6 Å². The van der Waals surface area contributed by atoms with Gasteiger partial charge < -0.3 is 0 Å². The number of alkyl halides is 3. The number of Topliss-reactive ketones (excluding diaryl/α,β-unsaturated/α-hetero) is 1. The number of hydrogen-bond acceptors (Lipinski definition) is 2. The maximum Gasteiger partial charge on any atom is 0.417 e. The van der Waals surface area contributed by atoms with Gasteiger partial charge in [-0.2, -0.15) is 13.2 Å². The van der Waals surface area contributed by atoms with E-state index in [1.807, 2.05) is 13.8 Å². The van der Waals surface area contributed by atoms with Crippen LogP contribution in [-0.2, 0) is 6.18 Å². The predicted molar refractivity (Wildman–Crippen MR) is 72.8 cm³/mol. The Kier molecular flexibility index (Phi) is 4.97. The fourth-order valence-electron chi connectivity index (χ4n) is 2.59. The second-order valence-corrected chi connectivity index (χ2v) is 5.01. The first-order chi connectivity index (χ1) is 9.20. The molecule has 112 valence electrons. The maximum atomic E-state index is 13.0. The third kappa shape index (κ3) is 2.87. The van der Waals surface area contributed by atoms with Crippen molar-refractivity contribution < 1.29 is 18.0 Å². The molecule has 0 saturated heterocycles. The second kappa shape index (κ2) is 5.95. The highest BCUT2D eigenvalue weighted by Crippen LogP contribution is 2.35. The van der Waals surface area contributed by atoms with E-state index in [-0.39, 0.29) is 5.56 Å². The van der Waals surface area contributed by atoms with Crippen molar-refractivity contribution >= 4 is 5.78 Å². The quantitative estimate of drug-likeness (QED) is 0.763. The van der Waals surface area contributed by atoms with E-state index in [0.29, 0.717) is 12.8 Å². The summed E-state index contributed by atoms with van der Waals surface area (Å²) < 4.78 is 39.1. The van der Waals surface area contributed by atoms with Crippen LogP contribution in [0.2, 0.25) is 0 Å². The lowest BCUT2D eigenvalue weighted by Crippen LogP contribution is -2.50. The molecule has 1 aromatic carbocycles. The number of hydrogen-bond donors (Lipinski definition) is 0. The average molecular weight is 287 g/mol. The molecule has 20 heavy (non-hydrogen) atoms. The Balaban J connectivity index is 3.41. The van der Waals surface area contributed by atoms with Gasteiger partial charge in [-0.15, -0.1) is 0 Å². The second-order valence-electron chi connectivity index (χ2n) is 5.01. The van der Waals surface area contributed by atoms with Crippen LogP contribution < -0.4 is 0 Å². The van der Waals surface area contributed by atoms with E-state index in [1.54, 1.807) is 19.0 Å². The summed E-state index contributed by atoms with van der Waals surface area (Å²) in [6.07, 6.45) is -3.60. The minimum atomic E-state index is -4.52. The largest absolute Gasteiger partial charge is 0.417 e. The van der Waals surface area contributed by atoms with Gasteiger partial charge in [-0.25, -0.2) is 0 Å². The molecule has 0 aliphatic heterocycles.